The Morgan fingerprint density at radius 3 is 2.18 bits per heavy atom. The first-order valence-electron chi connectivity index (χ1n) is 11.0. The Labute approximate surface area is 223 Å². The highest BCUT2D eigenvalue weighted by atomic mass is 35.5. The molecule has 0 bridgehead atoms. The molecule has 34 heavy (non-hydrogen) atoms. The van der Waals surface area contributed by atoms with Crippen LogP contribution in [0.1, 0.15) is 28.3 Å². The van der Waals surface area contributed by atoms with Gasteiger partial charge in [-0.2, -0.15) is 0 Å². The van der Waals surface area contributed by atoms with Crippen molar-refractivity contribution in [1.29, 1.82) is 0 Å². The lowest BCUT2D eigenvalue weighted by atomic mass is 10.2. The summed E-state index contributed by atoms with van der Waals surface area (Å²) in [5, 5.41) is 3.25. The molecule has 2 aromatic heterocycles. The summed E-state index contributed by atoms with van der Waals surface area (Å²) in [5.41, 5.74) is 2.62. The minimum absolute atomic E-state index is 0.323. The third-order valence-corrected chi connectivity index (χ3v) is 10.3. The van der Waals surface area contributed by atoms with E-state index in [4.69, 9.17) is 23.2 Å². The molecule has 1 nitrogen and oxygen atoms in total. The van der Waals surface area contributed by atoms with Gasteiger partial charge < -0.3 is 4.57 Å². The Bertz CT molecular complexity index is 1410. The predicted molar refractivity (Wildman–Crippen MR) is 152 cm³/mol. The van der Waals surface area contributed by atoms with Crippen LogP contribution in [0.4, 0.5) is 0 Å². The highest BCUT2D eigenvalue weighted by Gasteiger charge is 2.18. The van der Waals surface area contributed by atoms with Gasteiger partial charge in [-0.3, -0.25) is 0 Å². The molecule has 0 N–H and O–H groups in total. The van der Waals surface area contributed by atoms with Gasteiger partial charge in [0.1, 0.15) is 4.83 Å². The van der Waals surface area contributed by atoms with Gasteiger partial charge in [-0.15, -0.1) is 34.9 Å². The van der Waals surface area contributed by atoms with Crippen LogP contribution < -0.4 is 0 Å². The van der Waals surface area contributed by atoms with Crippen LogP contribution in [0.25, 0.3) is 10.2 Å². The van der Waals surface area contributed by atoms with E-state index in [1.165, 1.54) is 26.4 Å². The maximum Gasteiger partial charge on any atom is 0.103 e. The first kappa shape index (κ1) is 23.9. The van der Waals surface area contributed by atoms with E-state index in [0.29, 0.717) is 5.25 Å². The molecule has 0 fully saturated rings. The number of benzene rings is 3. The van der Waals surface area contributed by atoms with E-state index in [0.717, 1.165) is 32.1 Å². The predicted octanol–water partition coefficient (Wildman–Crippen LogP) is 10.2. The van der Waals surface area contributed by atoms with E-state index in [1.54, 1.807) is 11.8 Å². The zero-order valence-electron chi connectivity index (χ0n) is 18.6. The van der Waals surface area contributed by atoms with Crippen LogP contribution in [0.15, 0.2) is 101 Å². The van der Waals surface area contributed by atoms with Crippen molar-refractivity contribution in [3.63, 3.8) is 0 Å². The van der Waals surface area contributed by atoms with Gasteiger partial charge in [0.25, 0.3) is 0 Å². The fraction of sp³-hybridized carbons (Fsp3) is 0.143. The van der Waals surface area contributed by atoms with Crippen molar-refractivity contribution < 1.29 is 0 Å². The molecule has 0 spiro atoms. The largest absolute Gasteiger partial charge is 0.331 e. The Hall–Kier alpha value is -1.82. The molecule has 3 aromatic carbocycles. The minimum Gasteiger partial charge on any atom is -0.331 e. The van der Waals surface area contributed by atoms with Crippen molar-refractivity contribution >= 4 is 68.3 Å². The molecule has 172 valence electrons. The van der Waals surface area contributed by atoms with E-state index in [-0.39, 0.29) is 0 Å². The lowest BCUT2D eigenvalue weighted by Crippen LogP contribution is -2.02. The number of hydrogen-bond acceptors (Lipinski definition) is 3. The minimum atomic E-state index is 0.323. The van der Waals surface area contributed by atoms with Crippen molar-refractivity contribution in [2.45, 2.75) is 34.3 Å². The highest BCUT2D eigenvalue weighted by Crippen LogP contribution is 2.43. The molecule has 0 amide bonds. The maximum absolute atomic E-state index is 6.41. The first-order valence-corrected chi connectivity index (χ1v) is 14.5. The smallest absolute Gasteiger partial charge is 0.103 e. The zero-order valence-corrected chi connectivity index (χ0v) is 22.5. The number of thioether (sulfide) groups is 2. The number of thiophene rings is 1. The molecule has 0 aliphatic carbocycles. The fourth-order valence-electron chi connectivity index (χ4n) is 3.88. The summed E-state index contributed by atoms with van der Waals surface area (Å²) in [6.07, 6.45) is 0. The molecule has 5 aromatic rings. The third-order valence-electron chi connectivity index (χ3n) is 5.61. The maximum atomic E-state index is 6.41. The standard InChI is InChI=1S/C28H23Cl2NS3/c1-19(33-26-14-8-6-12-24(26)30)27-16-21-15-22(18-32-25-13-7-5-11-23(25)29)31(28(21)34-27)17-20-9-3-2-4-10-20/h2-16,19H,17-18H2,1H3. The molecule has 0 aliphatic rings. The van der Waals surface area contributed by atoms with Crippen LogP contribution >= 0.6 is 58.1 Å². The van der Waals surface area contributed by atoms with E-state index < -0.39 is 0 Å². The van der Waals surface area contributed by atoms with Crippen molar-refractivity contribution in [1.82, 2.24) is 4.57 Å². The molecule has 5 rings (SSSR count). The van der Waals surface area contributed by atoms with Gasteiger partial charge in [0.15, 0.2) is 0 Å². The van der Waals surface area contributed by atoms with Gasteiger partial charge >= 0.3 is 0 Å². The number of aromatic nitrogens is 1. The quantitative estimate of drug-likeness (QED) is 0.180. The molecular weight excluding hydrogens is 517 g/mol. The van der Waals surface area contributed by atoms with Gasteiger partial charge in [0.05, 0.1) is 10.0 Å². The average molecular weight is 541 g/mol. The molecule has 0 radical (unpaired) electrons. The lowest BCUT2D eigenvalue weighted by molar-refractivity contribution is 0.805. The lowest BCUT2D eigenvalue weighted by Gasteiger charge is -2.12. The summed E-state index contributed by atoms with van der Waals surface area (Å²) < 4.78 is 2.47. The SMILES string of the molecule is CC(Sc1ccccc1Cl)c1cc2cc(CSc3ccccc3Cl)n(Cc3ccccc3)c2s1. The number of rotatable bonds is 8. The van der Waals surface area contributed by atoms with Crippen LogP contribution in [0.5, 0.6) is 0 Å². The van der Waals surface area contributed by atoms with Crippen molar-refractivity contribution in [2.75, 3.05) is 0 Å². The Morgan fingerprint density at radius 1 is 0.824 bits per heavy atom. The van der Waals surface area contributed by atoms with Crippen molar-refractivity contribution in [3.8, 4) is 0 Å². The van der Waals surface area contributed by atoms with Crippen LogP contribution in [0.2, 0.25) is 10.0 Å². The second kappa shape index (κ2) is 10.8. The molecule has 6 heteroatoms. The summed E-state index contributed by atoms with van der Waals surface area (Å²) in [5.74, 6) is 0.872. The topological polar surface area (TPSA) is 4.93 Å². The number of nitrogens with zero attached hydrogens (tertiary/aromatic N) is 1. The molecule has 0 saturated carbocycles. The molecule has 2 heterocycles. The average Bonchev–Trinajstić information content (AvgIpc) is 3.40. The Morgan fingerprint density at radius 2 is 1.47 bits per heavy atom. The summed E-state index contributed by atoms with van der Waals surface area (Å²) >= 11 is 18.3. The van der Waals surface area contributed by atoms with Crippen LogP contribution in [0, 0.1) is 0 Å². The van der Waals surface area contributed by atoms with Crippen molar-refractivity contribution in [2.24, 2.45) is 0 Å². The second-order valence-electron chi connectivity index (χ2n) is 8.03. The van der Waals surface area contributed by atoms with E-state index in [1.807, 2.05) is 59.5 Å². The van der Waals surface area contributed by atoms with Gasteiger partial charge in [-0.25, -0.2) is 0 Å². The summed E-state index contributed by atoms with van der Waals surface area (Å²) in [6.45, 7) is 3.11. The summed E-state index contributed by atoms with van der Waals surface area (Å²) in [6, 6.07) is 31.5. The monoisotopic (exact) mass is 539 g/mol. The van der Waals surface area contributed by atoms with Crippen LogP contribution in [0.3, 0.4) is 0 Å². The van der Waals surface area contributed by atoms with Gasteiger partial charge in [-0.1, -0.05) is 77.8 Å². The summed E-state index contributed by atoms with van der Waals surface area (Å²) in [7, 11) is 0. The molecule has 1 unspecified atom stereocenters. The second-order valence-corrected chi connectivity index (χ2v) is 12.3. The molecular formula is C28H23Cl2NS3. The third kappa shape index (κ3) is 5.37. The van der Waals surface area contributed by atoms with Crippen LogP contribution in [-0.4, -0.2) is 4.57 Å². The van der Waals surface area contributed by atoms with Gasteiger partial charge in [0, 0.05) is 43.3 Å². The van der Waals surface area contributed by atoms with Gasteiger partial charge in [-0.05, 0) is 48.9 Å². The number of fused-ring (bicyclic) bond motifs is 1. The molecule has 0 aliphatic heterocycles. The van der Waals surface area contributed by atoms with Crippen molar-refractivity contribution in [3.05, 3.63) is 117 Å². The Balaban J connectivity index is 1.45. The van der Waals surface area contributed by atoms with E-state index >= 15 is 0 Å². The van der Waals surface area contributed by atoms with Gasteiger partial charge in [0.2, 0.25) is 0 Å². The first-order chi connectivity index (χ1) is 16.6. The molecule has 1 atom stereocenters. The number of halogens is 2. The molecule has 0 saturated heterocycles. The summed E-state index contributed by atoms with van der Waals surface area (Å²) in [4.78, 5) is 4.92. The zero-order chi connectivity index (χ0) is 23.5. The highest BCUT2D eigenvalue weighted by molar-refractivity contribution is 7.99. The van der Waals surface area contributed by atoms with E-state index in [9.17, 15) is 0 Å². The number of hydrogen-bond donors (Lipinski definition) is 0. The van der Waals surface area contributed by atoms with Crippen LogP contribution in [-0.2, 0) is 12.3 Å². The Kier molecular flexibility index (Phi) is 7.62. The normalized spacial score (nSPS) is 12.3. The fourth-order valence-corrected chi connectivity index (χ4v) is 7.67. The van der Waals surface area contributed by atoms with E-state index in [2.05, 4.69) is 66.1 Å².